The van der Waals surface area contributed by atoms with E-state index in [0.717, 1.165) is 12.2 Å². The maximum Gasteiger partial charge on any atom is 0.323 e. The molecule has 1 saturated carbocycles. The van der Waals surface area contributed by atoms with Crippen LogP contribution in [0.2, 0.25) is 0 Å². The number of carboxylic acid groups (broad SMARTS) is 1. The third-order valence-corrected chi connectivity index (χ3v) is 2.61. The normalized spacial score (nSPS) is 14.8. The van der Waals surface area contributed by atoms with Crippen molar-refractivity contribution in [3.05, 3.63) is 17.8 Å². The molecule has 0 spiro atoms. The van der Waals surface area contributed by atoms with Crippen LogP contribution in [0.5, 0.6) is 0 Å². The number of aryl methyl sites for hydroxylation is 1. The molecule has 1 aromatic heterocycles. The maximum absolute atomic E-state index is 10.8. The summed E-state index contributed by atoms with van der Waals surface area (Å²) in [5, 5.41) is 16.8. The van der Waals surface area contributed by atoms with Crippen molar-refractivity contribution in [2.24, 2.45) is 5.92 Å². The smallest absolute Gasteiger partial charge is 0.323 e. The second kappa shape index (κ2) is 4.47. The van der Waals surface area contributed by atoms with Gasteiger partial charge in [0.05, 0.1) is 5.69 Å². The highest BCUT2D eigenvalue weighted by Gasteiger charge is 2.26. The minimum absolute atomic E-state index is 0.00571. The van der Waals surface area contributed by atoms with Crippen LogP contribution in [0, 0.1) is 12.8 Å². The van der Waals surface area contributed by atoms with Gasteiger partial charge in [-0.3, -0.25) is 4.79 Å². The Balaban J connectivity index is 2.09. The van der Waals surface area contributed by atoms with Crippen molar-refractivity contribution in [2.45, 2.75) is 19.8 Å². The molecular formula is C11H15N3O2. The van der Waals surface area contributed by atoms with Crippen LogP contribution in [0.1, 0.15) is 18.5 Å². The number of hydrogen-bond donors (Lipinski definition) is 1. The molecule has 1 N–H and O–H groups in total. The summed E-state index contributed by atoms with van der Waals surface area (Å²) in [6.45, 7) is 2.62. The molecule has 0 saturated heterocycles. The molecule has 5 nitrogen and oxygen atoms in total. The molecule has 0 bridgehead atoms. The van der Waals surface area contributed by atoms with Gasteiger partial charge in [0, 0.05) is 6.54 Å². The first kappa shape index (κ1) is 10.9. The highest BCUT2D eigenvalue weighted by atomic mass is 16.4. The standard InChI is InChI=1S/C11H15N3O2/c1-8-2-5-10(13-12-8)14(7-11(15)16)6-9-3-4-9/h2,5,9H,3-4,6-7H2,1H3,(H,15,16). The van der Waals surface area contributed by atoms with Crippen LogP contribution in [0.15, 0.2) is 12.1 Å². The van der Waals surface area contributed by atoms with Crippen molar-refractivity contribution in [3.63, 3.8) is 0 Å². The van der Waals surface area contributed by atoms with E-state index < -0.39 is 5.97 Å². The number of aliphatic carboxylic acids is 1. The SMILES string of the molecule is Cc1ccc(N(CC(=O)O)CC2CC2)nn1. The van der Waals surface area contributed by atoms with Gasteiger partial charge in [-0.2, -0.15) is 5.10 Å². The van der Waals surface area contributed by atoms with Crippen LogP contribution in [0.4, 0.5) is 5.82 Å². The highest BCUT2D eigenvalue weighted by Crippen LogP contribution is 2.30. The lowest BCUT2D eigenvalue weighted by atomic mass is 10.3. The summed E-state index contributed by atoms with van der Waals surface area (Å²) in [4.78, 5) is 12.5. The summed E-state index contributed by atoms with van der Waals surface area (Å²) in [5.41, 5.74) is 0.838. The fourth-order valence-corrected chi connectivity index (χ4v) is 1.58. The second-order valence-corrected chi connectivity index (χ2v) is 4.25. The molecule has 1 aliphatic rings. The summed E-state index contributed by atoms with van der Waals surface area (Å²) < 4.78 is 0. The lowest BCUT2D eigenvalue weighted by Gasteiger charge is -2.20. The maximum atomic E-state index is 10.8. The number of nitrogens with zero attached hydrogens (tertiary/aromatic N) is 3. The summed E-state index contributed by atoms with van der Waals surface area (Å²) in [7, 11) is 0. The summed E-state index contributed by atoms with van der Waals surface area (Å²) in [6, 6.07) is 3.68. The van der Waals surface area contributed by atoms with Crippen molar-refractivity contribution in [1.82, 2.24) is 10.2 Å². The topological polar surface area (TPSA) is 66.3 Å². The van der Waals surface area contributed by atoms with E-state index in [-0.39, 0.29) is 6.54 Å². The molecule has 1 fully saturated rings. The molecule has 0 atom stereocenters. The van der Waals surface area contributed by atoms with Gasteiger partial charge in [0.25, 0.3) is 0 Å². The number of rotatable bonds is 5. The Labute approximate surface area is 94.1 Å². The monoisotopic (exact) mass is 221 g/mol. The summed E-state index contributed by atoms with van der Waals surface area (Å²) in [5.74, 6) is 0.449. The van der Waals surface area contributed by atoms with Gasteiger partial charge in [0.1, 0.15) is 6.54 Å². The zero-order valence-electron chi connectivity index (χ0n) is 9.26. The van der Waals surface area contributed by atoms with Gasteiger partial charge in [0.2, 0.25) is 0 Å². The Morgan fingerprint density at radius 1 is 1.50 bits per heavy atom. The number of aromatic nitrogens is 2. The van der Waals surface area contributed by atoms with Crippen LogP contribution in [-0.4, -0.2) is 34.4 Å². The molecule has 0 radical (unpaired) electrons. The van der Waals surface area contributed by atoms with Crippen LogP contribution in [0.25, 0.3) is 0 Å². The van der Waals surface area contributed by atoms with Gasteiger partial charge >= 0.3 is 5.97 Å². The van der Waals surface area contributed by atoms with Crippen molar-refractivity contribution in [3.8, 4) is 0 Å². The van der Waals surface area contributed by atoms with Gasteiger partial charge in [-0.15, -0.1) is 5.10 Å². The van der Waals surface area contributed by atoms with Crippen LogP contribution >= 0.6 is 0 Å². The Bertz CT molecular complexity index is 373. The first-order valence-corrected chi connectivity index (χ1v) is 5.42. The van der Waals surface area contributed by atoms with E-state index >= 15 is 0 Å². The van der Waals surface area contributed by atoms with Crippen molar-refractivity contribution in [1.29, 1.82) is 0 Å². The zero-order valence-corrected chi connectivity index (χ0v) is 9.26. The van der Waals surface area contributed by atoms with Crippen molar-refractivity contribution >= 4 is 11.8 Å². The van der Waals surface area contributed by atoms with Gasteiger partial charge in [-0.05, 0) is 37.8 Å². The highest BCUT2D eigenvalue weighted by molar-refractivity contribution is 5.73. The average Bonchev–Trinajstić information content (AvgIpc) is 3.01. The zero-order chi connectivity index (χ0) is 11.5. The van der Waals surface area contributed by atoms with E-state index in [1.54, 1.807) is 4.90 Å². The molecule has 0 aromatic carbocycles. The first-order chi connectivity index (χ1) is 7.65. The molecule has 1 heterocycles. The molecule has 0 unspecified atom stereocenters. The molecule has 86 valence electrons. The molecule has 5 heteroatoms. The third kappa shape index (κ3) is 2.92. The van der Waals surface area contributed by atoms with Crippen LogP contribution in [0.3, 0.4) is 0 Å². The van der Waals surface area contributed by atoms with E-state index in [2.05, 4.69) is 10.2 Å². The predicted octanol–water partition coefficient (Wildman–Crippen LogP) is 1.09. The number of carbonyl (C=O) groups is 1. The van der Waals surface area contributed by atoms with E-state index in [0.29, 0.717) is 11.7 Å². The lowest BCUT2D eigenvalue weighted by molar-refractivity contribution is -0.135. The minimum atomic E-state index is -0.831. The van der Waals surface area contributed by atoms with E-state index in [9.17, 15) is 4.79 Å². The largest absolute Gasteiger partial charge is 0.480 e. The fourth-order valence-electron chi connectivity index (χ4n) is 1.58. The van der Waals surface area contributed by atoms with E-state index in [1.807, 2.05) is 19.1 Å². The molecule has 1 aromatic rings. The molecule has 0 aliphatic heterocycles. The molecule has 2 rings (SSSR count). The van der Waals surface area contributed by atoms with E-state index in [1.165, 1.54) is 12.8 Å². The molecule has 0 amide bonds. The molecule has 16 heavy (non-hydrogen) atoms. The Morgan fingerprint density at radius 3 is 2.75 bits per heavy atom. The average molecular weight is 221 g/mol. The first-order valence-electron chi connectivity index (χ1n) is 5.42. The third-order valence-electron chi connectivity index (χ3n) is 2.61. The lowest BCUT2D eigenvalue weighted by Crippen LogP contribution is -2.32. The van der Waals surface area contributed by atoms with Crippen LogP contribution in [-0.2, 0) is 4.79 Å². The molecule has 1 aliphatic carbocycles. The minimum Gasteiger partial charge on any atom is -0.480 e. The quantitative estimate of drug-likeness (QED) is 0.806. The number of carboxylic acids is 1. The Hall–Kier alpha value is -1.65. The summed E-state index contributed by atoms with van der Waals surface area (Å²) in [6.07, 6.45) is 2.38. The van der Waals surface area contributed by atoms with Gasteiger partial charge in [0.15, 0.2) is 5.82 Å². The van der Waals surface area contributed by atoms with E-state index in [4.69, 9.17) is 5.11 Å². The second-order valence-electron chi connectivity index (χ2n) is 4.25. The number of hydrogen-bond acceptors (Lipinski definition) is 4. The van der Waals surface area contributed by atoms with Crippen molar-refractivity contribution < 1.29 is 9.90 Å². The van der Waals surface area contributed by atoms with Gasteiger partial charge in [-0.25, -0.2) is 0 Å². The fraction of sp³-hybridized carbons (Fsp3) is 0.545. The Morgan fingerprint density at radius 2 is 2.25 bits per heavy atom. The van der Waals surface area contributed by atoms with Crippen molar-refractivity contribution in [2.75, 3.05) is 18.0 Å². The van der Waals surface area contributed by atoms with Gasteiger partial charge < -0.3 is 10.0 Å². The Kier molecular flexibility index (Phi) is 3.03. The van der Waals surface area contributed by atoms with Crippen LogP contribution < -0.4 is 4.90 Å². The number of anilines is 1. The summed E-state index contributed by atoms with van der Waals surface area (Å²) >= 11 is 0. The predicted molar refractivity (Wildman–Crippen MR) is 59.3 cm³/mol. The molecular weight excluding hydrogens is 206 g/mol. The van der Waals surface area contributed by atoms with Gasteiger partial charge in [-0.1, -0.05) is 0 Å².